The van der Waals surface area contributed by atoms with Gasteiger partial charge < -0.3 is 11.1 Å². The van der Waals surface area contributed by atoms with Crippen LogP contribution in [-0.4, -0.2) is 26.1 Å². The molecule has 3 N–H and O–H groups in total. The number of nitrogens with one attached hydrogen (secondary N) is 1. The van der Waals surface area contributed by atoms with Crippen molar-refractivity contribution >= 4 is 21.4 Å². The van der Waals surface area contributed by atoms with Crippen molar-refractivity contribution < 1.29 is 17.6 Å². The molecule has 1 rings (SSSR count). The van der Waals surface area contributed by atoms with E-state index >= 15 is 0 Å². The maximum absolute atomic E-state index is 13.6. The minimum atomic E-state index is -4.02. The number of amides is 1. The Bertz CT molecular complexity index is 600. The van der Waals surface area contributed by atoms with Crippen molar-refractivity contribution in [2.24, 2.45) is 5.92 Å². The summed E-state index contributed by atoms with van der Waals surface area (Å²) in [6, 6.07) is 3.11. The Labute approximate surface area is 118 Å². The molecular formula is C13H19FN2O3S. The summed E-state index contributed by atoms with van der Waals surface area (Å²) >= 11 is 0. The van der Waals surface area contributed by atoms with Crippen LogP contribution in [0.5, 0.6) is 0 Å². The molecule has 20 heavy (non-hydrogen) atoms. The number of anilines is 1. The second-order valence-corrected chi connectivity index (χ2v) is 7.01. The van der Waals surface area contributed by atoms with Crippen molar-refractivity contribution in [3.8, 4) is 0 Å². The van der Waals surface area contributed by atoms with Gasteiger partial charge in [0.1, 0.15) is 16.5 Å². The quantitative estimate of drug-likeness (QED) is 0.803. The first-order valence-corrected chi connectivity index (χ1v) is 7.86. The first-order chi connectivity index (χ1) is 9.13. The van der Waals surface area contributed by atoms with Gasteiger partial charge >= 0.3 is 0 Å². The summed E-state index contributed by atoms with van der Waals surface area (Å²) in [6.45, 7) is 5.58. The zero-order chi connectivity index (χ0) is 15.5. The van der Waals surface area contributed by atoms with Gasteiger partial charge in [-0.3, -0.25) is 4.79 Å². The first kappa shape index (κ1) is 16.4. The molecule has 112 valence electrons. The number of hydrogen-bond acceptors (Lipinski definition) is 4. The summed E-state index contributed by atoms with van der Waals surface area (Å²) in [5.74, 6) is -2.21. The molecule has 0 aromatic heterocycles. The van der Waals surface area contributed by atoms with E-state index in [4.69, 9.17) is 5.73 Å². The summed E-state index contributed by atoms with van der Waals surface area (Å²) in [5, 5.41) is 2.57. The molecule has 1 unspecified atom stereocenters. The van der Waals surface area contributed by atoms with Crippen molar-refractivity contribution in [1.82, 2.24) is 5.32 Å². The van der Waals surface area contributed by atoms with Crippen LogP contribution < -0.4 is 11.1 Å². The number of sulfone groups is 1. The van der Waals surface area contributed by atoms with Crippen LogP contribution in [0.1, 0.15) is 20.8 Å². The highest BCUT2D eigenvalue weighted by molar-refractivity contribution is 7.92. The standard InChI is InChI=1S/C13H19FN2O3S/c1-8(2)9(3)16-13(17)7-20(18,19)12-5-4-10(15)6-11(12)14/h4-6,8-9H,7,15H2,1-3H3,(H,16,17). The summed E-state index contributed by atoms with van der Waals surface area (Å²) in [6.07, 6.45) is 0. The highest BCUT2D eigenvalue weighted by Crippen LogP contribution is 2.18. The third kappa shape index (κ3) is 4.19. The van der Waals surface area contributed by atoms with Gasteiger partial charge in [0.05, 0.1) is 0 Å². The molecule has 0 fully saturated rings. The van der Waals surface area contributed by atoms with E-state index in [0.29, 0.717) is 0 Å². The third-order valence-corrected chi connectivity index (χ3v) is 4.64. The second-order valence-electron chi connectivity index (χ2n) is 5.05. The summed E-state index contributed by atoms with van der Waals surface area (Å²) < 4.78 is 37.6. The van der Waals surface area contributed by atoms with Gasteiger partial charge in [0.2, 0.25) is 5.91 Å². The van der Waals surface area contributed by atoms with E-state index in [1.54, 1.807) is 6.92 Å². The molecule has 0 saturated heterocycles. The third-order valence-electron chi connectivity index (χ3n) is 3.00. The van der Waals surface area contributed by atoms with E-state index in [1.807, 2.05) is 13.8 Å². The van der Waals surface area contributed by atoms with Gasteiger partial charge in [-0.1, -0.05) is 13.8 Å². The van der Waals surface area contributed by atoms with Crippen LogP contribution >= 0.6 is 0 Å². The predicted molar refractivity (Wildman–Crippen MR) is 75.3 cm³/mol. The molecule has 0 heterocycles. The number of carbonyl (C=O) groups is 1. The molecule has 7 heteroatoms. The number of benzene rings is 1. The highest BCUT2D eigenvalue weighted by atomic mass is 32.2. The Kier molecular flexibility index (Phi) is 5.10. The minimum Gasteiger partial charge on any atom is -0.399 e. The Balaban J connectivity index is 2.87. The average Bonchev–Trinajstić information content (AvgIpc) is 2.26. The summed E-state index contributed by atoms with van der Waals surface area (Å²) in [7, 11) is -4.02. The van der Waals surface area contributed by atoms with Crippen LogP contribution in [-0.2, 0) is 14.6 Å². The number of rotatable bonds is 5. The zero-order valence-corrected chi connectivity index (χ0v) is 12.5. The molecule has 0 saturated carbocycles. The van der Waals surface area contributed by atoms with Crippen LogP contribution in [0, 0.1) is 11.7 Å². The van der Waals surface area contributed by atoms with Gasteiger partial charge in [-0.05, 0) is 31.0 Å². The zero-order valence-electron chi connectivity index (χ0n) is 11.7. The van der Waals surface area contributed by atoms with E-state index in [-0.39, 0.29) is 17.6 Å². The second kappa shape index (κ2) is 6.21. The first-order valence-electron chi connectivity index (χ1n) is 6.20. The van der Waals surface area contributed by atoms with Crippen molar-refractivity contribution in [2.45, 2.75) is 31.7 Å². The van der Waals surface area contributed by atoms with Crippen LogP contribution in [0.25, 0.3) is 0 Å². The molecule has 0 bridgehead atoms. The minimum absolute atomic E-state index is 0.124. The maximum atomic E-state index is 13.6. The lowest BCUT2D eigenvalue weighted by atomic mass is 10.1. The normalized spacial score (nSPS) is 13.2. The van der Waals surface area contributed by atoms with E-state index in [1.165, 1.54) is 6.07 Å². The molecule has 0 spiro atoms. The fraction of sp³-hybridized carbons (Fsp3) is 0.462. The van der Waals surface area contributed by atoms with Crippen molar-refractivity contribution in [3.63, 3.8) is 0 Å². The summed E-state index contributed by atoms with van der Waals surface area (Å²) in [5.41, 5.74) is 5.48. The lowest BCUT2D eigenvalue weighted by molar-refractivity contribution is -0.119. The van der Waals surface area contributed by atoms with E-state index in [2.05, 4.69) is 5.32 Å². The van der Waals surface area contributed by atoms with E-state index in [9.17, 15) is 17.6 Å². The Morgan fingerprint density at radius 2 is 1.95 bits per heavy atom. The van der Waals surface area contributed by atoms with Gasteiger partial charge in [0.25, 0.3) is 0 Å². The molecule has 1 aromatic rings. The molecule has 1 atom stereocenters. The lowest BCUT2D eigenvalue weighted by Crippen LogP contribution is -2.39. The fourth-order valence-electron chi connectivity index (χ4n) is 1.48. The van der Waals surface area contributed by atoms with Crippen molar-refractivity contribution in [2.75, 3.05) is 11.5 Å². The van der Waals surface area contributed by atoms with E-state index < -0.39 is 32.2 Å². The molecule has 0 aliphatic carbocycles. The van der Waals surface area contributed by atoms with Gasteiger partial charge in [-0.2, -0.15) is 0 Å². The topological polar surface area (TPSA) is 89.3 Å². The predicted octanol–water partition coefficient (Wildman–Crippen LogP) is 1.34. The summed E-state index contributed by atoms with van der Waals surface area (Å²) in [4.78, 5) is 11.2. The van der Waals surface area contributed by atoms with Gasteiger partial charge in [-0.25, -0.2) is 12.8 Å². The SMILES string of the molecule is CC(C)C(C)NC(=O)CS(=O)(=O)c1ccc(N)cc1F. The molecule has 1 aromatic carbocycles. The number of nitrogen functional groups attached to an aromatic ring is 1. The number of carbonyl (C=O) groups excluding carboxylic acids is 1. The molecule has 0 aliphatic rings. The lowest BCUT2D eigenvalue weighted by Gasteiger charge is -2.17. The monoisotopic (exact) mass is 302 g/mol. The average molecular weight is 302 g/mol. The Morgan fingerprint density at radius 1 is 1.35 bits per heavy atom. The van der Waals surface area contributed by atoms with Gasteiger partial charge in [0, 0.05) is 11.7 Å². The number of nitrogens with two attached hydrogens (primary N) is 1. The molecule has 0 aliphatic heterocycles. The van der Waals surface area contributed by atoms with Crippen molar-refractivity contribution in [1.29, 1.82) is 0 Å². The maximum Gasteiger partial charge on any atom is 0.235 e. The number of hydrogen-bond donors (Lipinski definition) is 2. The molecule has 0 radical (unpaired) electrons. The number of halogens is 1. The van der Waals surface area contributed by atoms with Crippen molar-refractivity contribution in [3.05, 3.63) is 24.0 Å². The van der Waals surface area contributed by atoms with Crippen LogP contribution in [0.3, 0.4) is 0 Å². The Morgan fingerprint density at radius 3 is 2.45 bits per heavy atom. The van der Waals surface area contributed by atoms with Crippen LogP contribution in [0.4, 0.5) is 10.1 Å². The molecule has 1 amide bonds. The van der Waals surface area contributed by atoms with Crippen LogP contribution in [0.2, 0.25) is 0 Å². The van der Waals surface area contributed by atoms with E-state index in [0.717, 1.165) is 12.1 Å². The van der Waals surface area contributed by atoms with Gasteiger partial charge in [0.15, 0.2) is 9.84 Å². The van der Waals surface area contributed by atoms with Gasteiger partial charge in [-0.15, -0.1) is 0 Å². The molecule has 5 nitrogen and oxygen atoms in total. The molecular weight excluding hydrogens is 283 g/mol. The highest BCUT2D eigenvalue weighted by Gasteiger charge is 2.24. The van der Waals surface area contributed by atoms with Crippen LogP contribution in [0.15, 0.2) is 23.1 Å². The Hall–Kier alpha value is -1.63. The largest absolute Gasteiger partial charge is 0.399 e. The smallest absolute Gasteiger partial charge is 0.235 e. The fourth-order valence-corrected chi connectivity index (χ4v) is 2.70.